The van der Waals surface area contributed by atoms with Gasteiger partial charge in [0.25, 0.3) is 5.91 Å². The van der Waals surface area contributed by atoms with Gasteiger partial charge in [0.2, 0.25) is 0 Å². The van der Waals surface area contributed by atoms with Crippen LogP contribution in [0.1, 0.15) is 36.0 Å². The molecule has 5 heteroatoms. The number of pyridine rings is 1. The Labute approximate surface area is 111 Å². The Kier molecular flexibility index (Phi) is 3.12. The molecule has 2 aliphatic carbocycles. The molecule has 0 spiro atoms. The molecule has 102 valence electrons. The van der Waals surface area contributed by atoms with Crippen LogP contribution in [0.15, 0.2) is 12.3 Å². The van der Waals surface area contributed by atoms with Gasteiger partial charge in [0.15, 0.2) is 0 Å². The van der Waals surface area contributed by atoms with E-state index in [1.807, 2.05) is 0 Å². The van der Waals surface area contributed by atoms with Crippen LogP contribution in [-0.2, 0) is 0 Å². The SMILES string of the molecule is CNc1ncc(F)cc1C(=O)NC1CC2CCC1C2. The molecule has 1 amide bonds. The Morgan fingerprint density at radius 1 is 1.42 bits per heavy atom. The van der Waals surface area contributed by atoms with Crippen LogP contribution < -0.4 is 10.6 Å². The monoisotopic (exact) mass is 263 g/mol. The van der Waals surface area contributed by atoms with E-state index in [0.29, 0.717) is 11.7 Å². The van der Waals surface area contributed by atoms with Crippen molar-refractivity contribution in [3.63, 3.8) is 0 Å². The number of fused-ring (bicyclic) bond motifs is 2. The molecule has 2 N–H and O–H groups in total. The third kappa shape index (κ3) is 2.29. The minimum atomic E-state index is -0.489. The van der Waals surface area contributed by atoms with E-state index in [0.717, 1.165) is 18.5 Å². The average Bonchev–Trinajstić information content (AvgIpc) is 3.01. The van der Waals surface area contributed by atoms with E-state index < -0.39 is 5.82 Å². The Morgan fingerprint density at radius 2 is 2.26 bits per heavy atom. The van der Waals surface area contributed by atoms with Crippen molar-refractivity contribution in [3.05, 3.63) is 23.6 Å². The Morgan fingerprint density at radius 3 is 2.89 bits per heavy atom. The fourth-order valence-electron chi connectivity index (χ4n) is 3.48. The molecule has 19 heavy (non-hydrogen) atoms. The molecule has 3 rings (SSSR count). The average molecular weight is 263 g/mol. The molecule has 0 aromatic carbocycles. The van der Waals surface area contributed by atoms with Gasteiger partial charge in [-0.05, 0) is 37.2 Å². The molecular formula is C14H18FN3O. The number of carbonyl (C=O) groups excluding carboxylic acids is 1. The number of nitrogens with zero attached hydrogens (tertiary/aromatic N) is 1. The first-order valence-electron chi connectivity index (χ1n) is 6.81. The molecular weight excluding hydrogens is 245 g/mol. The topological polar surface area (TPSA) is 54.0 Å². The number of hydrogen-bond donors (Lipinski definition) is 2. The molecule has 4 nitrogen and oxygen atoms in total. The van der Waals surface area contributed by atoms with Gasteiger partial charge in [-0.1, -0.05) is 6.42 Å². The largest absolute Gasteiger partial charge is 0.372 e. The number of rotatable bonds is 3. The molecule has 2 aliphatic rings. The number of amides is 1. The van der Waals surface area contributed by atoms with Crippen LogP contribution in [0.2, 0.25) is 0 Å². The van der Waals surface area contributed by atoms with Crippen LogP contribution in [0.4, 0.5) is 10.2 Å². The molecule has 3 unspecified atom stereocenters. The highest BCUT2D eigenvalue weighted by molar-refractivity contribution is 5.98. The Hall–Kier alpha value is -1.65. The van der Waals surface area contributed by atoms with E-state index in [1.165, 1.54) is 25.3 Å². The van der Waals surface area contributed by atoms with Gasteiger partial charge in [-0.3, -0.25) is 4.79 Å². The summed E-state index contributed by atoms with van der Waals surface area (Å²) in [4.78, 5) is 16.1. The van der Waals surface area contributed by atoms with Gasteiger partial charge in [0.05, 0.1) is 11.8 Å². The number of anilines is 1. The van der Waals surface area contributed by atoms with Gasteiger partial charge in [-0.2, -0.15) is 0 Å². The first-order chi connectivity index (χ1) is 9.17. The second-order valence-electron chi connectivity index (χ2n) is 5.55. The standard InChI is InChI=1S/C14H18FN3O/c1-16-13-11(6-10(15)7-17-13)14(19)18-12-5-8-2-3-9(12)4-8/h6-9,12H,2-5H2,1H3,(H,16,17)(H,18,19). The normalized spacial score (nSPS) is 28.4. The van der Waals surface area contributed by atoms with Crippen molar-refractivity contribution in [2.75, 3.05) is 12.4 Å². The first-order valence-corrected chi connectivity index (χ1v) is 6.81. The molecule has 2 bridgehead atoms. The van der Waals surface area contributed by atoms with Crippen molar-refractivity contribution in [2.24, 2.45) is 11.8 Å². The lowest BCUT2D eigenvalue weighted by atomic mass is 9.95. The zero-order valence-electron chi connectivity index (χ0n) is 10.9. The fraction of sp³-hybridized carbons (Fsp3) is 0.571. The summed E-state index contributed by atoms with van der Waals surface area (Å²) >= 11 is 0. The third-order valence-corrected chi connectivity index (χ3v) is 4.39. The van der Waals surface area contributed by atoms with Gasteiger partial charge < -0.3 is 10.6 Å². The molecule has 1 heterocycles. The predicted octanol–water partition coefficient (Wildman–Crippen LogP) is 2.18. The smallest absolute Gasteiger partial charge is 0.255 e. The third-order valence-electron chi connectivity index (χ3n) is 4.39. The summed E-state index contributed by atoms with van der Waals surface area (Å²) in [6.07, 6.45) is 5.90. The molecule has 1 aromatic heterocycles. The van der Waals surface area contributed by atoms with Crippen LogP contribution in [0.25, 0.3) is 0 Å². The fourth-order valence-corrected chi connectivity index (χ4v) is 3.48. The Balaban J connectivity index is 1.75. The molecule has 3 atom stereocenters. The minimum Gasteiger partial charge on any atom is -0.372 e. The molecule has 0 radical (unpaired) electrons. The van der Waals surface area contributed by atoms with Crippen molar-refractivity contribution in [2.45, 2.75) is 31.7 Å². The molecule has 1 aromatic rings. The minimum absolute atomic E-state index is 0.228. The maximum atomic E-state index is 13.2. The summed E-state index contributed by atoms with van der Waals surface area (Å²) in [6, 6.07) is 1.49. The van der Waals surface area contributed by atoms with E-state index in [9.17, 15) is 9.18 Å². The number of nitrogens with one attached hydrogen (secondary N) is 2. The first kappa shape index (κ1) is 12.4. The van der Waals surface area contributed by atoms with Crippen molar-refractivity contribution in [1.29, 1.82) is 0 Å². The van der Waals surface area contributed by atoms with Crippen molar-refractivity contribution in [1.82, 2.24) is 10.3 Å². The lowest BCUT2D eigenvalue weighted by Crippen LogP contribution is -2.38. The van der Waals surface area contributed by atoms with E-state index >= 15 is 0 Å². The summed E-state index contributed by atoms with van der Waals surface area (Å²) < 4.78 is 13.2. The summed E-state index contributed by atoms with van der Waals surface area (Å²) in [5.41, 5.74) is 0.283. The van der Waals surface area contributed by atoms with Crippen LogP contribution in [0.3, 0.4) is 0 Å². The number of hydrogen-bond acceptors (Lipinski definition) is 3. The zero-order chi connectivity index (χ0) is 13.4. The highest BCUT2D eigenvalue weighted by atomic mass is 19.1. The van der Waals surface area contributed by atoms with Crippen LogP contribution in [0, 0.1) is 17.7 Å². The molecule has 2 fully saturated rings. The van der Waals surface area contributed by atoms with E-state index in [-0.39, 0.29) is 17.5 Å². The van der Waals surface area contributed by atoms with Crippen LogP contribution in [0.5, 0.6) is 0 Å². The lowest BCUT2D eigenvalue weighted by Gasteiger charge is -2.23. The van der Waals surface area contributed by atoms with Crippen LogP contribution >= 0.6 is 0 Å². The molecule has 0 saturated heterocycles. The van der Waals surface area contributed by atoms with Gasteiger partial charge in [0, 0.05) is 13.1 Å². The zero-order valence-corrected chi connectivity index (χ0v) is 10.9. The van der Waals surface area contributed by atoms with Gasteiger partial charge in [-0.15, -0.1) is 0 Å². The van der Waals surface area contributed by atoms with Gasteiger partial charge >= 0.3 is 0 Å². The van der Waals surface area contributed by atoms with Crippen molar-refractivity contribution in [3.8, 4) is 0 Å². The van der Waals surface area contributed by atoms with Crippen LogP contribution in [-0.4, -0.2) is 24.0 Å². The van der Waals surface area contributed by atoms with Gasteiger partial charge in [0.1, 0.15) is 11.6 Å². The summed E-state index contributed by atoms with van der Waals surface area (Å²) in [5.74, 6) is 1.08. The molecule has 0 aliphatic heterocycles. The van der Waals surface area contributed by atoms with E-state index in [1.54, 1.807) is 7.05 Å². The predicted molar refractivity (Wildman–Crippen MR) is 70.4 cm³/mol. The highest BCUT2D eigenvalue weighted by Gasteiger charge is 2.40. The summed E-state index contributed by atoms with van der Waals surface area (Å²) in [5, 5.41) is 5.87. The number of halogens is 1. The second-order valence-corrected chi connectivity index (χ2v) is 5.55. The second kappa shape index (κ2) is 4.79. The maximum Gasteiger partial charge on any atom is 0.255 e. The highest BCUT2D eigenvalue weighted by Crippen LogP contribution is 2.44. The Bertz CT molecular complexity index is 505. The summed E-state index contributed by atoms with van der Waals surface area (Å²) in [7, 11) is 1.68. The maximum absolute atomic E-state index is 13.2. The lowest BCUT2D eigenvalue weighted by molar-refractivity contribution is 0.0923. The molecule has 2 saturated carbocycles. The number of aromatic nitrogens is 1. The van der Waals surface area contributed by atoms with Crippen molar-refractivity contribution < 1.29 is 9.18 Å². The number of carbonyl (C=O) groups is 1. The quantitative estimate of drug-likeness (QED) is 0.879. The van der Waals surface area contributed by atoms with Gasteiger partial charge in [-0.25, -0.2) is 9.37 Å². The van der Waals surface area contributed by atoms with E-state index in [4.69, 9.17) is 0 Å². The summed E-state index contributed by atoms with van der Waals surface area (Å²) in [6.45, 7) is 0. The van der Waals surface area contributed by atoms with E-state index in [2.05, 4.69) is 15.6 Å². The van der Waals surface area contributed by atoms with Crippen molar-refractivity contribution >= 4 is 11.7 Å².